The van der Waals surface area contributed by atoms with Gasteiger partial charge in [0.1, 0.15) is 0 Å². The second kappa shape index (κ2) is 7.94. The first kappa shape index (κ1) is 20.5. The van der Waals surface area contributed by atoms with E-state index >= 15 is 0 Å². The molecule has 1 aromatic rings. The molecule has 1 saturated carbocycles. The van der Waals surface area contributed by atoms with Gasteiger partial charge in [-0.25, -0.2) is 9.52 Å². The average Bonchev–Trinajstić information content (AvgIpc) is 3.48. The van der Waals surface area contributed by atoms with Gasteiger partial charge in [-0.2, -0.15) is 13.5 Å². The predicted molar refractivity (Wildman–Crippen MR) is 117 cm³/mol. The third-order valence-corrected chi connectivity index (χ3v) is 8.29. The first-order chi connectivity index (χ1) is 14.9. The summed E-state index contributed by atoms with van der Waals surface area (Å²) in [7, 11) is -1.96. The van der Waals surface area contributed by atoms with Crippen LogP contribution in [0.4, 0.5) is 4.79 Å². The first-order valence-electron chi connectivity index (χ1n) is 11.1. The fourth-order valence-electron chi connectivity index (χ4n) is 5.40. The molecule has 1 aliphatic heterocycles. The number of nitrogens with one attached hydrogen (secondary N) is 2. The minimum atomic E-state index is -4.03. The number of hydrogen-bond donors (Lipinski definition) is 2. The van der Waals surface area contributed by atoms with Crippen molar-refractivity contribution in [2.45, 2.75) is 49.2 Å². The zero-order chi connectivity index (χ0) is 21.6. The molecule has 166 valence electrons. The summed E-state index contributed by atoms with van der Waals surface area (Å²) in [5.41, 5.74) is 2.55. The first-order valence-corrected chi connectivity index (χ1v) is 12.5. The molecule has 3 atom stereocenters. The molecular formula is C22H29N5O3S. The van der Waals surface area contributed by atoms with E-state index < -0.39 is 16.1 Å². The van der Waals surface area contributed by atoms with Crippen LogP contribution in [0.2, 0.25) is 0 Å². The zero-order valence-corrected chi connectivity index (χ0v) is 18.5. The molecule has 2 amide bonds. The Labute approximate surface area is 183 Å². The number of carbonyl (C=O) groups excluding carboxylic acids is 1. The number of hydrogen-bond acceptors (Lipinski definition) is 5. The lowest BCUT2D eigenvalue weighted by molar-refractivity contribution is 0.211. The molecule has 0 spiro atoms. The van der Waals surface area contributed by atoms with E-state index in [1.165, 1.54) is 17.2 Å². The van der Waals surface area contributed by atoms with Crippen molar-refractivity contribution in [1.29, 1.82) is 0 Å². The zero-order valence-electron chi connectivity index (χ0n) is 17.7. The number of allylic oxidation sites excluding steroid dienone is 3. The Morgan fingerprint density at radius 3 is 2.84 bits per heavy atom. The summed E-state index contributed by atoms with van der Waals surface area (Å²) in [5, 5.41) is 7.12. The van der Waals surface area contributed by atoms with Crippen LogP contribution in [0.3, 0.4) is 0 Å². The second-order valence-corrected chi connectivity index (χ2v) is 10.7. The Hall–Kier alpha value is -2.39. The lowest BCUT2D eigenvalue weighted by atomic mass is 9.76. The molecular weight excluding hydrogens is 414 g/mol. The van der Waals surface area contributed by atoms with E-state index in [2.05, 4.69) is 45.3 Å². The molecule has 2 fully saturated rings. The van der Waals surface area contributed by atoms with Crippen molar-refractivity contribution < 1.29 is 13.2 Å². The number of nitrogens with zero attached hydrogens (tertiary/aromatic N) is 3. The summed E-state index contributed by atoms with van der Waals surface area (Å²) < 4.78 is 29.5. The molecule has 1 aromatic heterocycles. The van der Waals surface area contributed by atoms with E-state index in [1.54, 1.807) is 10.9 Å². The van der Waals surface area contributed by atoms with Gasteiger partial charge in [0.2, 0.25) is 0 Å². The maximum Gasteiger partial charge on any atom is 0.329 e. The quantitative estimate of drug-likeness (QED) is 0.745. The van der Waals surface area contributed by atoms with Crippen LogP contribution in [0.1, 0.15) is 38.1 Å². The molecule has 3 unspecified atom stereocenters. The molecule has 2 heterocycles. The van der Waals surface area contributed by atoms with Gasteiger partial charge in [-0.1, -0.05) is 29.9 Å². The normalized spacial score (nSPS) is 28.6. The van der Waals surface area contributed by atoms with E-state index in [1.807, 2.05) is 6.08 Å². The number of urea groups is 1. The standard InChI is InChI=1S/C22H29N5O3S/c1-26-11-8-17(9-12-26)27-13-10-20(24-27)31(29,30)25-22(28)23-21-18-6-2-4-15(18)14-16-5-3-7-19(16)21/h2,4,6,10,13-14,17-19,21H,3,5,7-9,11-12H2,1H3,(H2,23,25,28). The smallest absolute Gasteiger partial charge is 0.329 e. The highest BCUT2D eigenvalue weighted by Gasteiger charge is 2.40. The predicted octanol–water partition coefficient (Wildman–Crippen LogP) is 2.36. The van der Waals surface area contributed by atoms with Crippen LogP contribution in [0.25, 0.3) is 0 Å². The Bertz CT molecular complexity index is 1060. The average molecular weight is 444 g/mol. The minimum Gasteiger partial charge on any atom is -0.333 e. The van der Waals surface area contributed by atoms with Crippen molar-refractivity contribution in [3.05, 3.63) is 47.7 Å². The summed E-state index contributed by atoms with van der Waals surface area (Å²) in [5.74, 6) is 0.367. The lowest BCUT2D eigenvalue weighted by Crippen LogP contribution is -2.51. The highest BCUT2D eigenvalue weighted by Crippen LogP contribution is 2.44. The van der Waals surface area contributed by atoms with Gasteiger partial charge in [-0.05, 0) is 63.9 Å². The summed E-state index contributed by atoms with van der Waals surface area (Å²) in [6, 6.07) is 0.835. The maximum absolute atomic E-state index is 12.8. The van der Waals surface area contributed by atoms with E-state index in [0.29, 0.717) is 0 Å². The van der Waals surface area contributed by atoms with Gasteiger partial charge in [-0.3, -0.25) is 4.68 Å². The molecule has 9 heteroatoms. The van der Waals surface area contributed by atoms with Crippen LogP contribution in [0.15, 0.2) is 52.7 Å². The van der Waals surface area contributed by atoms with Crippen molar-refractivity contribution in [2.75, 3.05) is 20.1 Å². The van der Waals surface area contributed by atoms with Gasteiger partial charge in [-0.15, -0.1) is 0 Å². The van der Waals surface area contributed by atoms with Crippen molar-refractivity contribution in [3.8, 4) is 0 Å². The molecule has 0 radical (unpaired) electrons. The maximum atomic E-state index is 12.8. The highest BCUT2D eigenvalue weighted by molar-refractivity contribution is 7.90. The summed E-state index contributed by atoms with van der Waals surface area (Å²) in [6.07, 6.45) is 15.1. The molecule has 0 aromatic carbocycles. The number of aromatic nitrogens is 2. The summed E-state index contributed by atoms with van der Waals surface area (Å²) in [6.45, 7) is 1.91. The Balaban J connectivity index is 1.26. The Kier molecular flexibility index (Phi) is 5.26. The molecule has 3 aliphatic carbocycles. The van der Waals surface area contributed by atoms with Gasteiger partial charge in [0.05, 0.1) is 6.04 Å². The van der Waals surface area contributed by atoms with Crippen molar-refractivity contribution in [1.82, 2.24) is 24.7 Å². The van der Waals surface area contributed by atoms with Gasteiger partial charge < -0.3 is 10.2 Å². The summed E-state index contributed by atoms with van der Waals surface area (Å²) in [4.78, 5) is 15.0. The largest absolute Gasteiger partial charge is 0.333 e. The van der Waals surface area contributed by atoms with Crippen LogP contribution in [0, 0.1) is 11.8 Å². The van der Waals surface area contributed by atoms with Crippen LogP contribution >= 0.6 is 0 Å². The molecule has 8 nitrogen and oxygen atoms in total. The third-order valence-electron chi connectivity index (χ3n) is 7.07. The molecule has 31 heavy (non-hydrogen) atoms. The van der Waals surface area contributed by atoms with Crippen LogP contribution in [-0.4, -0.2) is 55.3 Å². The number of likely N-dealkylation sites (tertiary alicyclic amines) is 1. The minimum absolute atomic E-state index is 0.101. The molecule has 2 N–H and O–H groups in total. The van der Waals surface area contributed by atoms with Gasteiger partial charge in [0.15, 0.2) is 5.03 Å². The van der Waals surface area contributed by atoms with Crippen molar-refractivity contribution in [3.63, 3.8) is 0 Å². The number of sulfonamides is 1. The number of rotatable bonds is 4. The van der Waals surface area contributed by atoms with E-state index in [4.69, 9.17) is 0 Å². The highest BCUT2D eigenvalue weighted by atomic mass is 32.2. The van der Waals surface area contributed by atoms with Crippen LogP contribution < -0.4 is 10.0 Å². The fraction of sp³-hybridized carbons (Fsp3) is 0.545. The molecule has 4 aliphatic rings. The Morgan fingerprint density at radius 1 is 1.23 bits per heavy atom. The number of carbonyl (C=O) groups is 1. The van der Waals surface area contributed by atoms with Crippen LogP contribution in [-0.2, 0) is 10.0 Å². The third kappa shape index (κ3) is 3.96. The molecule has 0 bridgehead atoms. The topological polar surface area (TPSA) is 96.3 Å². The molecule has 5 rings (SSSR count). The molecule has 1 saturated heterocycles. The second-order valence-electron chi connectivity index (χ2n) is 9.07. The van der Waals surface area contributed by atoms with Crippen LogP contribution in [0.5, 0.6) is 0 Å². The number of fused-ring (bicyclic) bond motifs is 2. The number of amides is 2. The lowest BCUT2D eigenvalue weighted by Gasteiger charge is -2.35. The van der Waals surface area contributed by atoms with Gasteiger partial charge in [0, 0.05) is 24.1 Å². The van der Waals surface area contributed by atoms with Crippen molar-refractivity contribution >= 4 is 16.1 Å². The monoisotopic (exact) mass is 443 g/mol. The fourth-order valence-corrected chi connectivity index (χ4v) is 6.25. The SMILES string of the molecule is CN1CCC(n2ccc(S(=O)(=O)NC(=O)NC3C4C=CC=C4C=C4CCCC43)n2)CC1. The van der Waals surface area contributed by atoms with Crippen molar-refractivity contribution in [2.24, 2.45) is 11.8 Å². The Morgan fingerprint density at radius 2 is 2.03 bits per heavy atom. The van der Waals surface area contributed by atoms with E-state index in [9.17, 15) is 13.2 Å². The van der Waals surface area contributed by atoms with E-state index in [-0.39, 0.29) is 28.9 Å². The van der Waals surface area contributed by atoms with Gasteiger partial charge >= 0.3 is 6.03 Å². The van der Waals surface area contributed by atoms with Gasteiger partial charge in [0.25, 0.3) is 10.0 Å². The number of piperidine rings is 1. The summed E-state index contributed by atoms with van der Waals surface area (Å²) >= 11 is 0. The van der Waals surface area contributed by atoms with E-state index in [0.717, 1.165) is 45.2 Å².